The van der Waals surface area contributed by atoms with Gasteiger partial charge in [0.2, 0.25) is 0 Å². The summed E-state index contributed by atoms with van der Waals surface area (Å²) >= 11 is 0. The number of aromatic carboxylic acids is 1. The molecule has 22 heavy (non-hydrogen) atoms. The molecule has 7 heteroatoms. The van der Waals surface area contributed by atoms with Gasteiger partial charge in [0.05, 0.1) is 10.9 Å². The van der Waals surface area contributed by atoms with E-state index in [0.717, 1.165) is 25.7 Å². The van der Waals surface area contributed by atoms with Crippen LogP contribution in [0.5, 0.6) is 0 Å². The van der Waals surface area contributed by atoms with E-state index in [9.17, 15) is 14.4 Å². The third-order valence-electron chi connectivity index (χ3n) is 3.77. The molecule has 0 aliphatic carbocycles. The van der Waals surface area contributed by atoms with Crippen molar-refractivity contribution in [1.82, 2.24) is 14.5 Å². The molecular formula is C15H19N3O4. The molecule has 0 spiro atoms. The van der Waals surface area contributed by atoms with Crippen molar-refractivity contribution >= 4 is 16.9 Å². The fraction of sp³-hybridized carbons (Fsp3) is 0.400. The van der Waals surface area contributed by atoms with E-state index in [1.807, 2.05) is 0 Å². The van der Waals surface area contributed by atoms with Gasteiger partial charge in [0, 0.05) is 19.3 Å². The van der Waals surface area contributed by atoms with Crippen LogP contribution in [-0.2, 0) is 6.54 Å². The molecule has 2 N–H and O–H groups in total. The normalized spacial score (nSPS) is 11.2. The molecule has 0 saturated heterocycles. The summed E-state index contributed by atoms with van der Waals surface area (Å²) in [5, 5.41) is 9.20. The van der Waals surface area contributed by atoms with Gasteiger partial charge in [0.1, 0.15) is 5.56 Å². The second kappa shape index (κ2) is 6.57. The van der Waals surface area contributed by atoms with E-state index in [-0.39, 0.29) is 10.9 Å². The van der Waals surface area contributed by atoms with Gasteiger partial charge in [-0.1, -0.05) is 13.8 Å². The lowest BCUT2D eigenvalue weighted by molar-refractivity contribution is 0.0695. The zero-order valence-electron chi connectivity index (χ0n) is 12.6. The van der Waals surface area contributed by atoms with Gasteiger partial charge in [0.25, 0.3) is 11.1 Å². The fourth-order valence-electron chi connectivity index (χ4n) is 2.36. The lowest BCUT2D eigenvalue weighted by atomic mass is 10.2. The van der Waals surface area contributed by atoms with Crippen LogP contribution in [0.3, 0.4) is 0 Å². The molecule has 0 aliphatic heterocycles. The van der Waals surface area contributed by atoms with Gasteiger partial charge in [0.15, 0.2) is 0 Å². The Balaban J connectivity index is 2.45. The summed E-state index contributed by atoms with van der Waals surface area (Å²) in [6, 6.07) is 2.76. The van der Waals surface area contributed by atoms with Crippen LogP contribution in [0.25, 0.3) is 10.9 Å². The third kappa shape index (κ3) is 3.09. The van der Waals surface area contributed by atoms with Crippen LogP contribution in [0.4, 0.5) is 0 Å². The number of H-pyrrole nitrogens is 1. The molecule has 2 heterocycles. The molecule has 0 amide bonds. The Kier molecular flexibility index (Phi) is 4.77. The maximum atomic E-state index is 12.4. The molecule has 7 nitrogen and oxygen atoms in total. The molecule has 0 atom stereocenters. The first-order valence-electron chi connectivity index (χ1n) is 7.20. The molecule has 0 saturated carbocycles. The highest BCUT2D eigenvalue weighted by Crippen LogP contribution is 2.06. The van der Waals surface area contributed by atoms with Crippen molar-refractivity contribution in [3.05, 3.63) is 44.6 Å². The number of likely N-dealkylation sites (N-methyl/N-ethyl adjacent to an activating group) is 1. The summed E-state index contributed by atoms with van der Waals surface area (Å²) in [6.45, 7) is 7.14. The zero-order valence-corrected chi connectivity index (χ0v) is 12.6. The Morgan fingerprint density at radius 1 is 1.32 bits per heavy atom. The Hall–Kier alpha value is -2.41. The van der Waals surface area contributed by atoms with Crippen molar-refractivity contribution in [3.63, 3.8) is 0 Å². The van der Waals surface area contributed by atoms with Gasteiger partial charge in [-0.25, -0.2) is 4.79 Å². The standard InChI is InChI=1S/C15H19N3O4/c1-3-17(4-2)7-8-18-6-5-12-10(14(18)20)9-11(15(21)22)13(19)16-12/h5-6,9H,3-4,7-8H2,1-2H3,(H,16,19)(H,21,22). The predicted molar refractivity (Wildman–Crippen MR) is 83.6 cm³/mol. The summed E-state index contributed by atoms with van der Waals surface area (Å²) in [4.78, 5) is 39.7. The highest BCUT2D eigenvalue weighted by Gasteiger charge is 2.13. The number of hydrogen-bond acceptors (Lipinski definition) is 4. The first kappa shape index (κ1) is 16.0. The number of nitrogens with zero attached hydrogens (tertiary/aromatic N) is 2. The van der Waals surface area contributed by atoms with Crippen molar-refractivity contribution in [2.75, 3.05) is 19.6 Å². The summed E-state index contributed by atoms with van der Waals surface area (Å²) in [5.41, 5.74) is -1.09. The van der Waals surface area contributed by atoms with Crippen molar-refractivity contribution in [1.29, 1.82) is 0 Å². The van der Waals surface area contributed by atoms with E-state index in [2.05, 4.69) is 23.7 Å². The molecular weight excluding hydrogens is 286 g/mol. The third-order valence-corrected chi connectivity index (χ3v) is 3.77. The molecule has 0 radical (unpaired) electrons. The number of fused-ring (bicyclic) bond motifs is 1. The maximum absolute atomic E-state index is 12.4. The van der Waals surface area contributed by atoms with Crippen molar-refractivity contribution in [2.45, 2.75) is 20.4 Å². The van der Waals surface area contributed by atoms with Crippen LogP contribution in [0, 0.1) is 0 Å². The van der Waals surface area contributed by atoms with E-state index >= 15 is 0 Å². The Morgan fingerprint density at radius 3 is 2.59 bits per heavy atom. The smallest absolute Gasteiger partial charge is 0.341 e. The molecule has 2 rings (SSSR count). The lowest BCUT2D eigenvalue weighted by Crippen LogP contribution is -2.31. The fourth-order valence-corrected chi connectivity index (χ4v) is 2.36. The maximum Gasteiger partial charge on any atom is 0.341 e. The minimum atomic E-state index is -1.35. The van der Waals surface area contributed by atoms with Crippen molar-refractivity contribution in [3.8, 4) is 0 Å². The van der Waals surface area contributed by atoms with Gasteiger partial charge in [-0.15, -0.1) is 0 Å². The highest BCUT2D eigenvalue weighted by atomic mass is 16.4. The molecule has 0 aromatic carbocycles. The van der Waals surface area contributed by atoms with E-state index in [0.29, 0.717) is 12.1 Å². The Labute approximate surface area is 126 Å². The summed E-state index contributed by atoms with van der Waals surface area (Å²) < 4.78 is 1.53. The van der Waals surface area contributed by atoms with Gasteiger partial charge < -0.3 is 19.6 Å². The predicted octanol–water partition coefficient (Wildman–Crippen LogP) is 0.730. The summed E-state index contributed by atoms with van der Waals surface area (Å²) in [6.07, 6.45) is 1.62. The molecule has 0 fully saturated rings. The van der Waals surface area contributed by atoms with Crippen LogP contribution >= 0.6 is 0 Å². The minimum absolute atomic E-state index is 0.207. The topological polar surface area (TPSA) is 95.4 Å². The molecule has 0 bridgehead atoms. The van der Waals surface area contributed by atoms with Crippen molar-refractivity contribution in [2.24, 2.45) is 0 Å². The van der Waals surface area contributed by atoms with Gasteiger partial charge in [-0.3, -0.25) is 9.59 Å². The molecule has 2 aromatic rings. The Morgan fingerprint density at radius 2 is 2.00 bits per heavy atom. The largest absolute Gasteiger partial charge is 0.477 e. The number of rotatable bonds is 6. The minimum Gasteiger partial charge on any atom is -0.477 e. The van der Waals surface area contributed by atoms with E-state index in [1.54, 1.807) is 12.3 Å². The number of hydrogen-bond donors (Lipinski definition) is 2. The SMILES string of the molecule is CCN(CC)CCn1ccc2[nH]c(=O)c(C(=O)O)cc2c1=O. The van der Waals surface area contributed by atoms with E-state index < -0.39 is 17.1 Å². The van der Waals surface area contributed by atoms with Crippen LogP contribution < -0.4 is 11.1 Å². The number of aromatic amines is 1. The molecule has 0 unspecified atom stereocenters. The number of carboxylic acid groups (broad SMARTS) is 1. The number of carboxylic acids is 1. The van der Waals surface area contributed by atoms with Gasteiger partial charge in [-0.05, 0) is 25.2 Å². The quantitative estimate of drug-likeness (QED) is 0.820. The van der Waals surface area contributed by atoms with Crippen LogP contribution in [-0.4, -0.2) is 45.2 Å². The summed E-state index contributed by atoms with van der Waals surface area (Å²) in [5.74, 6) is -1.35. The van der Waals surface area contributed by atoms with E-state index in [1.165, 1.54) is 4.57 Å². The van der Waals surface area contributed by atoms with Crippen LogP contribution in [0.15, 0.2) is 27.9 Å². The molecule has 118 valence electrons. The zero-order chi connectivity index (χ0) is 16.3. The van der Waals surface area contributed by atoms with Crippen molar-refractivity contribution < 1.29 is 9.90 Å². The van der Waals surface area contributed by atoms with Crippen LogP contribution in [0.2, 0.25) is 0 Å². The first-order valence-corrected chi connectivity index (χ1v) is 7.20. The molecule has 0 aliphatic rings. The number of aromatic nitrogens is 2. The molecule has 2 aromatic heterocycles. The number of nitrogens with one attached hydrogen (secondary N) is 1. The number of pyridine rings is 2. The average molecular weight is 305 g/mol. The van der Waals surface area contributed by atoms with Gasteiger partial charge in [-0.2, -0.15) is 0 Å². The second-order valence-corrected chi connectivity index (χ2v) is 4.99. The van der Waals surface area contributed by atoms with Gasteiger partial charge >= 0.3 is 5.97 Å². The summed E-state index contributed by atoms with van der Waals surface area (Å²) in [7, 11) is 0. The lowest BCUT2D eigenvalue weighted by Gasteiger charge is -2.18. The van der Waals surface area contributed by atoms with Crippen LogP contribution in [0.1, 0.15) is 24.2 Å². The Bertz CT molecular complexity index is 803. The number of carbonyl (C=O) groups is 1. The monoisotopic (exact) mass is 305 g/mol. The van der Waals surface area contributed by atoms with E-state index in [4.69, 9.17) is 5.11 Å². The second-order valence-electron chi connectivity index (χ2n) is 4.99. The first-order chi connectivity index (χ1) is 10.5. The average Bonchev–Trinajstić information content (AvgIpc) is 2.49. The highest BCUT2D eigenvalue weighted by molar-refractivity contribution is 5.91.